The van der Waals surface area contributed by atoms with E-state index in [0.717, 1.165) is 19.0 Å². The van der Waals surface area contributed by atoms with Gasteiger partial charge < -0.3 is 10.2 Å². The molecule has 0 aliphatic carbocycles. The molecule has 0 fully saturated rings. The summed E-state index contributed by atoms with van der Waals surface area (Å²) in [6.45, 7) is 16.3. The number of nitrogens with one attached hydrogen (secondary N) is 1. The molecule has 0 bridgehead atoms. The van der Waals surface area contributed by atoms with Crippen LogP contribution in [0.2, 0.25) is 0 Å². The Morgan fingerprint density at radius 2 is 1.57 bits per heavy atom. The van der Waals surface area contributed by atoms with E-state index in [0.29, 0.717) is 6.04 Å². The Morgan fingerprint density at radius 1 is 1.07 bits per heavy atom. The van der Waals surface area contributed by atoms with Crippen LogP contribution in [-0.2, 0) is 0 Å². The van der Waals surface area contributed by atoms with Crippen molar-refractivity contribution in [3.8, 4) is 0 Å². The highest BCUT2D eigenvalue weighted by Gasteiger charge is 2.00. The predicted octanol–water partition coefficient (Wildman–Crippen LogP) is 2.60. The Kier molecular flexibility index (Phi) is 12.8. The van der Waals surface area contributed by atoms with E-state index in [-0.39, 0.29) is 0 Å². The van der Waals surface area contributed by atoms with E-state index in [1.54, 1.807) is 0 Å². The van der Waals surface area contributed by atoms with Crippen molar-refractivity contribution in [2.24, 2.45) is 5.92 Å². The zero-order valence-corrected chi connectivity index (χ0v) is 11.2. The largest absolute Gasteiger partial charge is 0.313 e. The van der Waals surface area contributed by atoms with Crippen molar-refractivity contribution < 1.29 is 0 Å². The summed E-state index contributed by atoms with van der Waals surface area (Å²) in [4.78, 5) is 2.38. The van der Waals surface area contributed by atoms with Gasteiger partial charge in [0.25, 0.3) is 0 Å². The molecule has 0 heterocycles. The van der Waals surface area contributed by atoms with Crippen LogP contribution in [0.1, 0.15) is 41.5 Å². The average molecular weight is 202 g/mol. The normalized spacial score (nSPS) is 10.7. The molecule has 0 saturated heterocycles. The van der Waals surface area contributed by atoms with E-state index >= 15 is 0 Å². The maximum absolute atomic E-state index is 3.41. The summed E-state index contributed by atoms with van der Waals surface area (Å²) in [5.74, 6) is 0.772. The lowest BCUT2D eigenvalue weighted by Gasteiger charge is -2.19. The highest BCUT2D eigenvalue weighted by molar-refractivity contribution is 4.58. The molecule has 88 valence electrons. The molecule has 2 heteroatoms. The number of hydrogen-bond acceptors (Lipinski definition) is 2. The fourth-order valence-corrected chi connectivity index (χ4v) is 1.26. The van der Waals surface area contributed by atoms with Crippen LogP contribution in [0.3, 0.4) is 0 Å². The molecule has 0 unspecified atom stereocenters. The van der Waals surface area contributed by atoms with Crippen LogP contribution in [0.25, 0.3) is 0 Å². The van der Waals surface area contributed by atoms with E-state index < -0.39 is 0 Å². The molecule has 0 saturated carbocycles. The molecule has 0 radical (unpaired) electrons. The van der Waals surface area contributed by atoms with Gasteiger partial charge in [0.1, 0.15) is 0 Å². The van der Waals surface area contributed by atoms with E-state index in [2.05, 4.69) is 45.0 Å². The minimum absolute atomic E-state index is 0.609. The van der Waals surface area contributed by atoms with Gasteiger partial charge in [0.2, 0.25) is 0 Å². The molecule has 0 aromatic rings. The molecule has 0 aliphatic heterocycles. The lowest BCUT2D eigenvalue weighted by atomic mass is 10.2. The van der Waals surface area contributed by atoms with Crippen LogP contribution in [0.4, 0.5) is 0 Å². The van der Waals surface area contributed by atoms with Gasteiger partial charge in [-0.3, -0.25) is 0 Å². The molecule has 0 aliphatic rings. The number of nitrogens with zero attached hydrogens (tertiary/aromatic N) is 1. The molecule has 1 N–H and O–H groups in total. The Balaban J connectivity index is 0. The second-order valence-corrected chi connectivity index (χ2v) is 4.26. The monoisotopic (exact) mass is 202 g/mol. The van der Waals surface area contributed by atoms with Crippen molar-refractivity contribution in [3.05, 3.63) is 0 Å². The van der Waals surface area contributed by atoms with Crippen molar-refractivity contribution in [1.82, 2.24) is 10.2 Å². The van der Waals surface area contributed by atoms with Gasteiger partial charge >= 0.3 is 0 Å². The quantitative estimate of drug-likeness (QED) is 0.712. The maximum atomic E-state index is 3.41. The number of hydrogen-bond donors (Lipinski definition) is 1. The fraction of sp³-hybridized carbons (Fsp3) is 1.00. The van der Waals surface area contributed by atoms with E-state index in [9.17, 15) is 0 Å². The Bertz CT molecular complexity index is 100. The molecular weight excluding hydrogens is 172 g/mol. The standard InChI is InChI=1S/C10H24N2.C2H6/c1-9(2)8-12(5)7-6-11-10(3)4;1-2/h9-11H,6-8H2,1-5H3;1-2H3. The third kappa shape index (κ3) is 14.4. The fourth-order valence-electron chi connectivity index (χ4n) is 1.26. The molecule has 0 atom stereocenters. The SMILES string of the molecule is CC.CC(C)CN(C)CCNC(C)C. The van der Waals surface area contributed by atoms with E-state index in [4.69, 9.17) is 0 Å². The molecular formula is C12H30N2. The summed E-state index contributed by atoms with van der Waals surface area (Å²) in [5.41, 5.74) is 0. The maximum Gasteiger partial charge on any atom is 0.0104 e. The molecule has 0 spiro atoms. The molecule has 0 aromatic heterocycles. The molecule has 0 amide bonds. The van der Waals surface area contributed by atoms with Crippen LogP contribution in [-0.4, -0.2) is 37.6 Å². The summed E-state index contributed by atoms with van der Waals surface area (Å²) in [5, 5.41) is 3.41. The summed E-state index contributed by atoms with van der Waals surface area (Å²) in [6, 6.07) is 0.609. The average Bonchev–Trinajstić information content (AvgIpc) is 2.05. The first-order chi connectivity index (χ1) is 6.52. The first-order valence-electron chi connectivity index (χ1n) is 5.94. The van der Waals surface area contributed by atoms with Gasteiger partial charge in [-0.15, -0.1) is 0 Å². The van der Waals surface area contributed by atoms with Gasteiger partial charge in [-0.1, -0.05) is 41.5 Å². The topological polar surface area (TPSA) is 15.3 Å². The van der Waals surface area contributed by atoms with Crippen molar-refractivity contribution >= 4 is 0 Å². The highest BCUT2D eigenvalue weighted by Crippen LogP contribution is 1.94. The minimum Gasteiger partial charge on any atom is -0.313 e. The zero-order valence-electron chi connectivity index (χ0n) is 11.2. The van der Waals surface area contributed by atoms with Gasteiger partial charge in [-0.25, -0.2) is 0 Å². The summed E-state index contributed by atoms with van der Waals surface area (Å²) >= 11 is 0. The molecule has 0 aromatic carbocycles. The van der Waals surface area contributed by atoms with Gasteiger partial charge in [-0.2, -0.15) is 0 Å². The van der Waals surface area contributed by atoms with Crippen LogP contribution in [0.15, 0.2) is 0 Å². The first-order valence-corrected chi connectivity index (χ1v) is 5.94. The molecule has 2 nitrogen and oxygen atoms in total. The summed E-state index contributed by atoms with van der Waals surface area (Å²) in [6.07, 6.45) is 0. The Labute approximate surface area is 91.1 Å². The highest BCUT2D eigenvalue weighted by atomic mass is 15.1. The second kappa shape index (κ2) is 11.0. The van der Waals surface area contributed by atoms with Gasteiger partial charge in [-0.05, 0) is 13.0 Å². The van der Waals surface area contributed by atoms with Crippen LogP contribution < -0.4 is 5.32 Å². The molecule has 14 heavy (non-hydrogen) atoms. The van der Waals surface area contributed by atoms with Crippen molar-refractivity contribution in [2.45, 2.75) is 47.6 Å². The van der Waals surface area contributed by atoms with Crippen molar-refractivity contribution in [2.75, 3.05) is 26.7 Å². The van der Waals surface area contributed by atoms with E-state index in [1.165, 1.54) is 6.54 Å². The van der Waals surface area contributed by atoms with Gasteiger partial charge in [0.05, 0.1) is 0 Å². The molecule has 0 rings (SSSR count). The van der Waals surface area contributed by atoms with Crippen LogP contribution in [0, 0.1) is 5.92 Å². The first kappa shape index (κ1) is 16.4. The lowest BCUT2D eigenvalue weighted by molar-refractivity contribution is 0.291. The Hall–Kier alpha value is -0.0800. The lowest BCUT2D eigenvalue weighted by Crippen LogP contribution is -2.34. The summed E-state index contributed by atoms with van der Waals surface area (Å²) in [7, 11) is 2.18. The third-order valence-corrected chi connectivity index (χ3v) is 1.72. The minimum atomic E-state index is 0.609. The Morgan fingerprint density at radius 3 is 1.93 bits per heavy atom. The smallest absolute Gasteiger partial charge is 0.0104 e. The predicted molar refractivity (Wildman–Crippen MR) is 66.8 cm³/mol. The van der Waals surface area contributed by atoms with Crippen molar-refractivity contribution in [3.63, 3.8) is 0 Å². The van der Waals surface area contributed by atoms with E-state index in [1.807, 2.05) is 13.8 Å². The van der Waals surface area contributed by atoms with Crippen molar-refractivity contribution in [1.29, 1.82) is 0 Å². The van der Waals surface area contributed by atoms with Crippen LogP contribution in [0.5, 0.6) is 0 Å². The van der Waals surface area contributed by atoms with Crippen LogP contribution >= 0.6 is 0 Å². The third-order valence-electron chi connectivity index (χ3n) is 1.72. The number of likely N-dealkylation sites (N-methyl/N-ethyl adjacent to an activating group) is 1. The summed E-state index contributed by atoms with van der Waals surface area (Å²) < 4.78 is 0. The second-order valence-electron chi connectivity index (χ2n) is 4.26. The number of rotatable bonds is 6. The zero-order chi connectivity index (χ0) is 11.6. The van der Waals surface area contributed by atoms with Gasteiger partial charge in [0.15, 0.2) is 0 Å². The van der Waals surface area contributed by atoms with Gasteiger partial charge in [0, 0.05) is 25.7 Å².